The molecule has 6 nitrogen and oxygen atoms in total. The zero-order valence-electron chi connectivity index (χ0n) is 13.4. The second-order valence-corrected chi connectivity index (χ2v) is 5.60. The molecular weight excluding hydrogens is 294 g/mol. The largest absolute Gasteiger partial charge is 0.497 e. The number of hydrogen-bond acceptors (Lipinski definition) is 4. The summed E-state index contributed by atoms with van der Waals surface area (Å²) in [6.07, 6.45) is 3.53. The summed E-state index contributed by atoms with van der Waals surface area (Å²) < 4.78 is 12.5. The summed E-state index contributed by atoms with van der Waals surface area (Å²) in [6.45, 7) is 4.03. The average molecular weight is 313 g/mol. The van der Waals surface area contributed by atoms with Crippen LogP contribution in [0.3, 0.4) is 0 Å². The number of fused-ring (bicyclic) bond motifs is 1. The van der Waals surface area contributed by atoms with Gasteiger partial charge in [0.05, 0.1) is 26.0 Å². The maximum absolute atomic E-state index is 12.3. The van der Waals surface area contributed by atoms with Crippen LogP contribution < -0.4 is 10.1 Å². The van der Waals surface area contributed by atoms with Crippen LogP contribution in [-0.2, 0) is 11.2 Å². The van der Waals surface area contributed by atoms with Gasteiger partial charge in [0.1, 0.15) is 17.2 Å². The Morgan fingerprint density at radius 3 is 2.96 bits per heavy atom. The minimum atomic E-state index is -0.106. The zero-order valence-corrected chi connectivity index (χ0v) is 13.4. The van der Waals surface area contributed by atoms with E-state index in [1.807, 2.05) is 32.0 Å². The Morgan fingerprint density at radius 1 is 1.39 bits per heavy atom. The molecule has 1 N–H and O–H groups in total. The molecule has 0 atom stereocenters. The SMILES string of the molecule is COc1ccc2c(CC(=O)Nc3ccnn3C(C)C)coc2c1. The summed E-state index contributed by atoms with van der Waals surface area (Å²) in [4.78, 5) is 12.3. The number of ether oxygens (including phenoxy) is 1. The summed E-state index contributed by atoms with van der Waals surface area (Å²) in [5.41, 5.74) is 1.55. The Kier molecular flexibility index (Phi) is 4.06. The van der Waals surface area contributed by atoms with E-state index >= 15 is 0 Å². The topological polar surface area (TPSA) is 69.3 Å². The third-order valence-electron chi connectivity index (χ3n) is 3.64. The third kappa shape index (κ3) is 3.06. The number of amides is 1. The number of nitrogens with zero attached hydrogens (tertiary/aromatic N) is 2. The Bertz CT molecular complexity index is 833. The minimum absolute atomic E-state index is 0.106. The molecule has 0 radical (unpaired) electrons. The van der Waals surface area contributed by atoms with Gasteiger partial charge in [0.2, 0.25) is 5.91 Å². The van der Waals surface area contributed by atoms with E-state index < -0.39 is 0 Å². The highest BCUT2D eigenvalue weighted by Gasteiger charge is 2.13. The smallest absolute Gasteiger partial charge is 0.230 e. The number of aromatic nitrogens is 2. The van der Waals surface area contributed by atoms with Crippen molar-refractivity contribution in [3.8, 4) is 5.75 Å². The maximum atomic E-state index is 12.3. The number of nitrogens with one attached hydrogen (secondary N) is 1. The van der Waals surface area contributed by atoms with Gasteiger partial charge in [-0.3, -0.25) is 4.79 Å². The van der Waals surface area contributed by atoms with Crippen molar-refractivity contribution in [2.75, 3.05) is 12.4 Å². The van der Waals surface area contributed by atoms with Gasteiger partial charge in [-0.05, 0) is 26.0 Å². The lowest BCUT2D eigenvalue weighted by Crippen LogP contribution is -2.18. The van der Waals surface area contributed by atoms with Gasteiger partial charge in [0.15, 0.2) is 0 Å². The van der Waals surface area contributed by atoms with Crippen molar-refractivity contribution >= 4 is 22.7 Å². The number of carbonyl (C=O) groups excluding carboxylic acids is 1. The van der Waals surface area contributed by atoms with Gasteiger partial charge in [-0.25, -0.2) is 4.68 Å². The van der Waals surface area contributed by atoms with Gasteiger partial charge in [0, 0.05) is 29.1 Å². The third-order valence-corrected chi connectivity index (χ3v) is 3.64. The number of methoxy groups -OCH3 is 1. The van der Waals surface area contributed by atoms with E-state index in [2.05, 4.69) is 10.4 Å². The molecule has 0 fully saturated rings. The number of anilines is 1. The monoisotopic (exact) mass is 313 g/mol. The highest BCUT2D eigenvalue weighted by molar-refractivity contribution is 5.95. The second kappa shape index (κ2) is 6.16. The summed E-state index contributed by atoms with van der Waals surface area (Å²) in [7, 11) is 1.61. The molecule has 0 aliphatic carbocycles. The molecule has 1 amide bonds. The average Bonchev–Trinajstić information content (AvgIpc) is 3.14. The van der Waals surface area contributed by atoms with Gasteiger partial charge in [-0.15, -0.1) is 0 Å². The van der Waals surface area contributed by atoms with Gasteiger partial charge >= 0.3 is 0 Å². The number of furan rings is 1. The van der Waals surface area contributed by atoms with E-state index in [9.17, 15) is 4.79 Å². The molecule has 23 heavy (non-hydrogen) atoms. The number of rotatable bonds is 5. The van der Waals surface area contributed by atoms with E-state index in [-0.39, 0.29) is 18.4 Å². The van der Waals surface area contributed by atoms with Crippen LogP contribution in [0.4, 0.5) is 5.82 Å². The van der Waals surface area contributed by atoms with Crippen LogP contribution in [0.5, 0.6) is 5.75 Å². The molecule has 1 aromatic carbocycles. The van der Waals surface area contributed by atoms with Crippen molar-refractivity contribution in [1.29, 1.82) is 0 Å². The highest BCUT2D eigenvalue weighted by Crippen LogP contribution is 2.26. The van der Waals surface area contributed by atoms with E-state index in [0.29, 0.717) is 11.4 Å². The molecule has 2 aromatic heterocycles. The maximum Gasteiger partial charge on any atom is 0.230 e. The molecule has 0 aliphatic heterocycles. The summed E-state index contributed by atoms with van der Waals surface area (Å²) in [5.74, 6) is 1.31. The van der Waals surface area contributed by atoms with Gasteiger partial charge in [0.25, 0.3) is 0 Å². The van der Waals surface area contributed by atoms with Crippen molar-refractivity contribution in [1.82, 2.24) is 9.78 Å². The van der Waals surface area contributed by atoms with E-state index in [4.69, 9.17) is 9.15 Å². The lowest BCUT2D eigenvalue weighted by atomic mass is 10.1. The Morgan fingerprint density at radius 2 is 2.22 bits per heavy atom. The Labute approximate surface area is 134 Å². The number of benzene rings is 1. The molecule has 0 bridgehead atoms. The molecule has 120 valence electrons. The van der Waals surface area contributed by atoms with Crippen molar-refractivity contribution in [3.63, 3.8) is 0 Å². The fraction of sp³-hybridized carbons (Fsp3) is 0.294. The zero-order chi connectivity index (χ0) is 16.4. The van der Waals surface area contributed by atoms with Crippen LogP contribution >= 0.6 is 0 Å². The van der Waals surface area contributed by atoms with E-state index in [1.165, 1.54) is 0 Å². The van der Waals surface area contributed by atoms with Crippen LogP contribution in [0.2, 0.25) is 0 Å². The minimum Gasteiger partial charge on any atom is -0.497 e. The van der Waals surface area contributed by atoms with Crippen LogP contribution in [0.1, 0.15) is 25.5 Å². The molecular formula is C17H19N3O3. The quantitative estimate of drug-likeness (QED) is 0.784. The van der Waals surface area contributed by atoms with Crippen LogP contribution in [-0.4, -0.2) is 22.8 Å². The fourth-order valence-electron chi connectivity index (χ4n) is 2.51. The predicted octanol–water partition coefficient (Wildman–Crippen LogP) is 3.40. The first kappa shape index (κ1) is 15.1. The van der Waals surface area contributed by atoms with Crippen molar-refractivity contribution in [2.24, 2.45) is 0 Å². The lowest BCUT2D eigenvalue weighted by Gasteiger charge is -2.11. The Hall–Kier alpha value is -2.76. The molecule has 0 aliphatic rings. The van der Waals surface area contributed by atoms with Crippen LogP contribution in [0, 0.1) is 0 Å². The first-order valence-electron chi connectivity index (χ1n) is 7.46. The highest BCUT2D eigenvalue weighted by atomic mass is 16.5. The summed E-state index contributed by atoms with van der Waals surface area (Å²) in [5, 5.41) is 8.01. The lowest BCUT2D eigenvalue weighted by molar-refractivity contribution is -0.115. The van der Waals surface area contributed by atoms with Crippen LogP contribution in [0.25, 0.3) is 11.0 Å². The van der Waals surface area contributed by atoms with Gasteiger partial charge in [-0.1, -0.05) is 0 Å². The molecule has 0 saturated carbocycles. The Balaban J connectivity index is 1.76. The van der Waals surface area contributed by atoms with Crippen LogP contribution in [0.15, 0.2) is 41.1 Å². The fourth-order valence-corrected chi connectivity index (χ4v) is 2.51. The van der Waals surface area contributed by atoms with Crippen molar-refractivity contribution in [3.05, 3.63) is 42.3 Å². The predicted molar refractivity (Wildman–Crippen MR) is 87.7 cm³/mol. The normalized spacial score (nSPS) is 11.1. The molecule has 3 rings (SSSR count). The van der Waals surface area contributed by atoms with E-state index in [1.54, 1.807) is 30.3 Å². The van der Waals surface area contributed by atoms with E-state index in [0.717, 1.165) is 16.7 Å². The van der Waals surface area contributed by atoms with Gasteiger partial charge < -0.3 is 14.5 Å². The molecule has 0 spiro atoms. The molecule has 3 aromatic rings. The second-order valence-electron chi connectivity index (χ2n) is 5.60. The number of carbonyl (C=O) groups is 1. The standard InChI is InChI=1S/C17H19N3O3/c1-11(2)20-16(6-7-18-20)19-17(21)8-12-10-23-15-9-13(22-3)4-5-14(12)15/h4-7,9-11H,8H2,1-3H3,(H,19,21). The van der Waals surface area contributed by atoms with Gasteiger partial charge in [-0.2, -0.15) is 5.10 Å². The number of hydrogen-bond donors (Lipinski definition) is 1. The molecule has 0 unspecified atom stereocenters. The van der Waals surface area contributed by atoms with Crippen molar-refractivity contribution in [2.45, 2.75) is 26.3 Å². The summed E-state index contributed by atoms with van der Waals surface area (Å²) >= 11 is 0. The molecule has 2 heterocycles. The molecule has 6 heteroatoms. The summed E-state index contributed by atoms with van der Waals surface area (Å²) in [6, 6.07) is 7.54. The first-order valence-corrected chi connectivity index (χ1v) is 7.46. The first-order chi connectivity index (χ1) is 11.1. The van der Waals surface area contributed by atoms with Crippen molar-refractivity contribution < 1.29 is 13.9 Å². The molecule has 0 saturated heterocycles.